The van der Waals surface area contributed by atoms with Crippen LogP contribution in [0.4, 0.5) is 4.79 Å². The summed E-state index contributed by atoms with van der Waals surface area (Å²) in [6.07, 6.45) is 9.68. The molecule has 0 spiro atoms. The predicted octanol–water partition coefficient (Wildman–Crippen LogP) is 7.53. The number of likely N-dealkylation sites (tertiary alicyclic amines) is 1. The van der Waals surface area contributed by atoms with Crippen LogP contribution >= 0.6 is 0 Å². The summed E-state index contributed by atoms with van der Waals surface area (Å²) >= 11 is 0. The van der Waals surface area contributed by atoms with E-state index in [2.05, 4.69) is 59.1 Å². The van der Waals surface area contributed by atoms with Gasteiger partial charge in [-0.2, -0.15) is 0 Å². The Hall–Kier alpha value is -2.42. The Morgan fingerprint density at radius 3 is 2.18 bits per heavy atom. The second-order valence-electron chi connectivity index (χ2n) is 20.0. The molecule has 1 aliphatic heterocycles. The average Bonchev–Trinajstić information content (AvgIpc) is 3.34. The minimum absolute atomic E-state index is 0.0115. The lowest BCUT2D eigenvalue weighted by Crippen LogP contribution is -2.67. The number of carbonyl (C=O) groups is 4. The molecule has 1 saturated heterocycles. The van der Waals surface area contributed by atoms with Crippen molar-refractivity contribution in [1.82, 2.24) is 15.5 Å². The number of urea groups is 1. The highest BCUT2D eigenvalue weighted by Gasteiger charge is 2.70. The van der Waals surface area contributed by atoms with Gasteiger partial charge in [-0.1, -0.05) is 48.5 Å². The number of nitrogens with one attached hydrogen (secondary N) is 2. The van der Waals surface area contributed by atoms with Gasteiger partial charge in [0, 0.05) is 31.0 Å². The first-order valence-corrected chi connectivity index (χ1v) is 20.1. The Kier molecular flexibility index (Phi) is 9.66. The van der Waals surface area contributed by atoms with Gasteiger partial charge in [-0.05, 0) is 136 Å². The van der Waals surface area contributed by atoms with Crippen molar-refractivity contribution in [2.45, 2.75) is 157 Å². The highest BCUT2D eigenvalue weighted by atomic mass is 16.5. The Balaban J connectivity index is 1.27. The standard InChI is InChI=1S/C42H67N3O6/c1-25(2)33-28(46)23-42(44-36(50)45-21-15-26(43-10)16-22-45)20-19-40(8)27(34(33)42)11-12-30-39(7)17-14-31(51-32(47)24-37(3,4)35(48)49)38(5,6)29(39)13-18-41(30,40)9/h25-27,29-31,43H,11-24H2,1-10H3,(H,44,50)(H,48,49)/t27-,29+,30-,31+,39+,40-,41-,42-/m1/s1. The van der Waals surface area contributed by atoms with Gasteiger partial charge in [0.25, 0.3) is 0 Å². The lowest BCUT2D eigenvalue weighted by molar-refractivity contribution is -0.232. The molecule has 5 aliphatic carbocycles. The number of carboxylic acid groups (broad SMARTS) is 1. The lowest BCUT2D eigenvalue weighted by atomic mass is 9.33. The summed E-state index contributed by atoms with van der Waals surface area (Å²) in [5, 5.41) is 16.5. The lowest BCUT2D eigenvalue weighted by Gasteiger charge is -2.72. The zero-order chi connectivity index (χ0) is 37.5. The molecule has 0 unspecified atom stereocenters. The first-order chi connectivity index (χ1) is 23.7. The molecule has 1 heterocycles. The van der Waals surface area contributed by atoms with Crippen molar-refractivity contribution in [1.29, 1.82) is 0 Å². The molecule has 0 radical (unpaired) electrons. The van der Waals surface area contributed by atoms with E-state index < -0.39 is 22.9 Å². The van der Waals surface area contributed by atoms with Gasteiger partial charge in [-0.25, -0.2) is 4.79 Å². The number of carboxylic acids is 1. The van der Waals surface area contributed by atoms with Crippen LogP contribution in [0.25, 0.3) is 0 Å². The molecule has 5 fully saturated rings. The van der Waals surface area contributed by atoms with E-state index in [1.165, 1.54) is 5.57 Å². The molecule has 6 aliphatic rings. The minimum Gasteiger partial charge on any atom is -0.481 e. The number of carbonyl (C=O) groups excluding carboxylic acids is 3. The topological polar surface area (TPSA) is 125 Å². The summed E-state index contributed by atoms with van der Waals surface area (Å²) in [6, 6.07) is 0.431. The molecule has 0 bridgehead atoms. The first-order valence-electron chi connectivity index (χ1n) is 20.1. The molecule has 6 rings (SSSR count). The maximum absolute atomic E-state index is 14.0. The summed E-state index contributed by atoms with van der Waals surface area (Å²) < 4.78 is 6.16. The number of rotatable bonds is 7. The molecular formula is C42H67N3O6. The third kappa shape index (κ3) is 5.89. The van der Waals surface area contributed by atoms with Crippen molar-refractivity contribution in [2.24, 2.45) is 50.7 Å². The summed E-state index contributed by atoms with van der Waals surface area (Å²) in [5.41, 5.74) is 0.353. The number of Topliss-reactive ketones (excluding diaryl/α,β-unsaturated/α-hetero) is 1. The Morgan fingerprint density at radius 2 is 1.57 bits per heavy atom. The van der Waals surface area contributed by atoms with Crippen molar-refractivity contribution in [3.8, 4) is 0 Å². The van der Waals surface area contributed by atoms with Crippen LogP contribution in [0.15, 0.2) is 11.1 Å². The first kappa shape index (κ1) is 38.3. The number of ketones is 1. The van der Waals surface area contributed by atoms with Crippen LogP contribution < -0.4 is 10.6 Å². The number of aliphatic carboxylic acids is 1. The van der Waals surface area contributed by atoms with Gasteiger partial charge in [0.2, 0.25) is 0 Å². The van der Waals surface area contributed by atoms with Crippen molar-refractivity contribution in [2.75, 3.05) is 20.1 Å². The average molecular weight is 710 g/mol. The fraction of sp³-hybridized carbons (Fsp3) is 0.857. The van der Waals surface area contributed by atoms with E-state index in [9.17, 15) is 24.3 Å². The minimum atomic E-state index is -1.16. The second-order valence-corrected chi connectivity index (χ2v) is 20.0. The number of hydrogen-bond acceptors (Lipinski definition) is 6. The number of ether oxygens (including phenoxy) is 1. The van der Waals surface area contributed by atoms with Gasteiger partial charge in [-0.3, -0.25) is 14.4 Å². The van der Waals surface area contributed by atoms with Crippen LogP contribution in [0.3, 0.4) is 0 Å². The van der Waals surface area contributed by atoms with E-state index in [4.69, 9.17) is 4.74 Å². The van der Waals surface area contributed by atoms with Crippen molar-refractivity contribution >= 4 is 23.8 Å². The quantitative estimate of drug-likeness (QED) is 0.234. The van der Waals surface area contributed by atoms with Gasteiger partial charge in [-0.15, -0.1) is 0 Å². The molecule has 9 nitrogen and oxygen atoms in total. The fourth-order valence-corrected chi connectivity index (χ4v) is 13.2. The zero-order valence-corrected chi connectivity index (χ0v) is 33.3. The summed E-state index contributed by atoms with van der Waals surface area (Å²) in [5.74, 6) is 0.0305. The fourth-order valence-electron chi connectivity index (χ4n) is 13.2. The van der Waals surface area contributed by atoms with Gasteiger partial charge in [0.15, 0.2) is 5.78 Å². The van der Waals surface area contributed by atoms with Gasteiger partial charge >= 0.3 is 18.0 Å². The number of piperidine rings is 1. The largest absolute Gasteiger partial charge is 0.481 e. The van der Waals surface area contributed by atoms with Crippen LogP contribution in [0.5, 0.6) is 0 Å². The summed E-state index contributed by atoms with van der Waals surface area (Å²) in [4.78, 5) is 54.7. The maximum Gasteiger partial charge on any atom is 0.318 e. The van der Waals surface area contributed by atoms with Crippen LogP contribution in [0.2, 0.25) is 0 Å². The molecular weight excluding hydrogens is 642 g/mol. The Morgan fingerprint density at radius 1 is 0.902 bits per heavy atom. The molecule has 2 amide bonds. The number of amides is 2. The third-order valence-electron chi connectivity index (χ3n) is 16.3. The molecule has 4 saturated carbocycles. The molecule has 8 atom stereocenters. The highest BCUT2D eigenvalue weighted by Crippen LogP contribution is 2.76. The number of fused-ring (bicyclic) bond motifs is 7. The monoisotopic (exact) mass is 710 g/mol. The zero-order valence-electron chi connectivity index (χ0n) is 33.3. The number of nitrogens with zero attached hydrogens (tertiary/aromatic N) is 1. The number of allylic oxidation sites excluding steroid dienone is 1. The van der Waals surface area contributed by atoms with Crippen molar-refractivity contribution < 1.29 is 29.0 Å². The van der Waals surface area contributed by atoms with Crippen LogP contribution in [0.1, 0.15) is 139 Å². The van der Waals surface area contributed by atoms with E-state index in [1.807, 2.05) is 11.9 Å². The second kappa shape index (κ2) is 12.9. The van der Waals surface area contributed by atoms with Crippen molar-refractivity contribution in [3.63, 3.8) is 0 Å². The molecule has 0 aromatic heterocycles. The van der Waals surface area contributed by atoms with Crippen LogP contribution in [-0.4, -0.2) is 71.6 Å². The Labute approximate surface area is 306 Å². The van der Waals surface area contributed by atoms with E-state index in [0.29, 0.717) is 24.3 Å². The summed E-state index contributed by atoms with van der Waals surface area (Å²) in [7, 11) is 1.99. The predicted molar refractivity (Wildman–Crippen MR) is 198 cm³/mol. The molecule has 51 heavy (non-hydrogen) atoms. The van der Waals surface area contributed by atoms with E-state index >= 15 is 0 Å². The van der Waals surface area contributed by atoms with Crippen LogP contribution in [0, 0.1) is 50.7 Å². The van der Waals surface area contributed by atoms with Gasteiger partial charge in [0.05, 0.1) is 17.4 Å². The normalized spacial score (nSPS) is 39.5. The third-order valence-corrected chi connectivity index (χ3v) is 16.3. The molecule has 0 aromatic carbocycles. The van der Waals surface area contributed by atoms with Gasteiger partial charge < -0.3 is 25.4 Å². The van der Waals surface area contributed by atoms with Crippen LogP contribution in [-0.2, 0) is 19.1 Å². The Bertz CT molecular complexity index is 1480. The van der Waals surface area contributed by atoms with E-state index in [1.54, 1.807) is 13.8 Å². The smallest absolute Gasteiger partial charge is 0.318 e. The molecule has 286 valence electrons. The van der Waals surface area contributed by atoms with E-state index in [0.717, 1.165) is 82.9 Å². The highest BCUT2D eigenvalue weighted by molar-refractivity contribution is 6.02. The van der Waals surface area contributed by atoms with E-state index in [-0.39, 0.29) is 57.8 Å². The molecule has 3 N–H and O–H groups in total. The number of hydrogen-bond donors (Lipinski definition) is 3. The molecule has 9 heteroatoms. The van der Waals surface area contributed by atoms with Gasteiger partial charge in [0.1, 0.15) is 6.10 Å². The number of esters is 1. The summed E-state index contributed by atoms with van der Waals surface area (Å²) in [6.45, 7) is 21.1. The maximum atomic E-state index is 14.0. The SMILES string of the molecule is CNC1CCN(C(=O)N[C@@]23CC[C@]4(C)[C@H](CC[C@@H]5[C@@]6(C)CC[C@H](OC(=O)CC(C)(C)C(=O)O)C(C)(C)[C@@H]6CC[C@]54C)C2=C(C(C)C)C(=O)C3)CC1. The molecule has 0 aromatic rings. The van der Waals surface area contributed by atoms with Crippen molar-refractivity contribution in [3.05, 3.63) is 11.1 Å².